The molecule has 6 aliphatic carbocycles. The van der Waals surface area contributed by atoms with Gasteiger partial charge in [0.2, 0.25) is 0 Å². The number of hydrogen-bond donors (Lipinski definition) is 2. The molecule has 6 aliphatic rings. The molecule has 0 aromatic heterocycles. The fraction of sp³-hybridized carbons (Fsp3) is 0.562. The lowest BCUT2D eigenvalue weighted by atomic mass is 9.62. The smallest absolute Gasteiger partial charge is 0.330 e. The number of esters is 2. The highest BCUT2D eigenvalue weighted by Gasteiger charge is 2.45. The van der Waals surface area contributed by atoms with E-state index in [1.807, 2.05) is 104 Å². The summed E-state index contributed by atoms with van der Waals surface area (Å²) in [6.07, 6.45) is 43.7. The van der Waals surface area contributed by atoms with Crippen LogP contribution in [-0.2, 0) is 64.4 Å². The van der Waals surface area contributed by atoms with Crippen LogP contribution in [0.2, 0.25) is 0 Å². The van der Waals surface area contributed by atoms with Crippen LogP contribution in [0.3, 0.4) is 0 Å². The van der Waals surface area contributed by atoms with Crippen molar-refractivity contribution in [3.8, 4) is 53.1 Å². The predicted octanol–water partition coefficient (Wildman–Crippen LogP) is 24.1. The highest BCUT2D eigenvalue weighted by atomic mass is 17.2. The summed E-state index contributed by atoms with van der Waals surface area (Å²) in [5.74, 6) is 33.1. The van der Waals surface area contributed by atoms with Gasteiger partial charge in [0.05, 0.1) is 43.7 Å². The molecule has 2 N–H and O–H groups in total. The van der Waals surface area contributed by atoms with E-state index >= 15 is 0 Å². The van der Waals surface area contributed by atoms with Gasteiger partial charge >= 0.3 is 11.9 Å². The number of carbonyl (C=O) groups is 4. The van der Waals surface area contributed by atoms with Crippen LogP contribution in [0.4, 0.5) is 0 Å². The quantitative estimate of drug-likeness (QED) is 0.00952. The molecule has 0 heterocycles. The molecular formula is C105H136O15. The first kappa shape index (κ1) is 95.4. The average Bonchev–Trinajstić information content (AvgIpc) is 0.773. The molecule has 0 bridgehead atoms. The van der Waals surface area contributed by atoms with Gasteiger partial charge in [0, 0.05) is 52.5 Å². The summed E-state index contributed by atoms with van der Waals surface area (Å²) in [6, 6.07) is 40.2. The maximum atomic E-state index is 11.7. The fourth-order valence-electron chi connectivity index (χ4n) is 19.0. The molecule has 646 valence electrons. The van der Waals surface area contributed by atoms with Crippen LogP contribution in [0.15, 0.2) is 147 Å². The molecule has 11 rings (SSSR count). The summed E-state index contributed by atoms with van der Waals surface area (Å²) < 4.78 is 16.3. The standard InChI is InChI=1S/C90H112O10.C14H22O4.CH2O/c1-5-8-11-15-67-34-41-76(42-35-67)78-59-62-90(63-60-78,89(98-93)81-48-46-79(47-49-81)88(97-92)80-50-55-85(56-51-80)95-64-14-10-13-17-84(91)7-3)61-58-74-32-30-72(31-33-74)25-24-70-20-18-69(19-21-70)22-23-71-26-28-73(29-27-71)38-45-83-65-82(77-43-36-68(37-44-77)16-12-9-6-2)52-57-87(83)100-96-66-75-39-53-86(54-40-75)99-94-4;1-2-13(15)17-10-6-7-11-18-14(16)12-8-4-3-5-9-12;1-2/h7,18-21,26-33,39-40,46-49,53-54,67-68,76-78,80,82-83,85,87-89,92-93H,3,5-6,8-17,34-37,41-44,50-52,55-57,59-60,62-66H2,1-2,4H3;2,12H,1,3-11H2;1H2. The van der Waals surface area contributed by atoms with E-state index in [2.05, 4.69) is 98.6 Å². The van der Waals surface area contributed by atoms with Gasteiger partial charge in [-0.05, 0) is 284 Å². The number of rotatable bonds is 37. The van der Waals surface area contributed by atoms with E-state index in [1.54, 1.807) is 0 Å². The van der Waals surface area contributed by atoms with E-state index in [1.165, 1.54) is 122 Å². The molecule has 0 spiro atoms. The van der Waals surface area contributed by atoms with Crippen molar-refractivity contribution in [1.82, 2.24) is 0 Å². The number of ketones is 1. The van der Waals surface area contributed by atoms with E-state index in [-0.39, 0.29) is 41.7 Å². The van der Waals surface area contributed by atoms with Gasteiger partial charge in [-0.2, -0.15) is 4.89 Å². The number of hydrogen-bond acceptors (Lipinski definition) is 15. The second-order valence-electron chi connectivity index (χ2n) is 34.4. The molecule has 5 aromatic rings. The van der Waals surface area contributed by atoms with Gasteiger partial charge in [-0.15, -0.1) is 0 Å². The monoisotopic (exact) mass is 1640 g/mol. The first-order valence-corrected chi connectivity index (χ1v) is 45.6. The lowest BCUT2D eigenvalue weighted by Crippen LogP contribution is -2.36. The van der Waals surface area contributed by atoms with E-state index in [0.29, 0.717) is 56.9 Å². The minimum atomic E-state index is -0.663. The molecule has 120 heavy (non-hydrogen) atoms. The minimum absolute atomic E-state index is 0.0576. The second-order valence-corrected chi connectivity index (χ2v) is 34.4. The lowest BCUT2D eigenvalue weighted by molar-refractivity contribution is -0.344. The molecule has 15 heteroatoms. The first-order chi connectivity index (χ1) is 58.9. The summed E-state index contributed by atoms with van der Waals surface area (Å²) in [6.45, 7) is 15.3. The lowest BCUT2D eigenvalue weighted by Gasteiger charge is -2.44. The number of ether oxygens (including phenoxy) is 3. The van der Waals surface area contributed by atoms with Crippen molar-refractivity contribution >= 4 is 24.5 Å². The first-order valence-electron chi connectivity index (χ1n) is 45.6. The van der Waals surface area contributed by atoms with Crippen molar-refractivity contribution in [3.63, 3.8) is 0 Å². The van der Waals surface area contributed by atoms with Gasteiger partial charge in [-0.25, -0.2) is 24.3 Å². The Kier molecular flexibility index (Phi) is 43.1. The van der Waals surface area contributed by atoms with Gasteiger partial charge in [-0.3, -0.25) is 20.1 Å². The van der Waals surface area contributed by atoms with Gasteiger partial charge < -0.3 is 23.9 Å². The van der Waals surface area contributed by atoms with Crippen LogP contribution in [0.25, 0.3) is 0 Å². The van der Waals surface area contributed by atoms with Crippen molar-refractivity contribution < 1.29 is 73.2 Å². The highest BCUT2D eigenvalue weighted by Crippen LogP contribution is 2.53. The topological polar surface area (TPSA) is 192 Å². The molecule has 6 fully saturated rings. The van der Waals surface area contributed by atoms with E-state index < -0.39 is 23.6 Å². The average molecular weight is 1640 g/mol. The molecule has 5 atom stereocenters. The third-order valence-electron chi connectivity index (χ3n) is 26.2. The summed E-state index contributed by atoms with van der Waals surface area (Å²) in [7, 11) is 1.49. The molecule has 0 aliphatic heterocycles. The Bertz CT molecular complexity index is 4070. The van der Waals surface area contributed by atoms with E-state index in [0.717, 1.165) is 202 Å². The van der Waals surface area contributed by atoms with Crippen molar-refractivity contribution in [2.24, 2.45) is 58.7 Å². The predicted molar refractivity (Wildman–Crippen MR) is 473 cm³/mol. The Morgan fingerprint density at radius 2 is 1.01 bits per heavy atom. The molecule has 0 saturated heterocycles. The zero-order valence-electron chi connectivity index (χ0n) is 72.2. The zero-order valence-corrected chi connectivity index (χ0v) is 72.2. The number of unbranched alkanes of at least 4 members (excludes halogenated alkanes) is 7. The summed E-state index contributed by atoms with van der Waals surface area (Å²) in [5.41, 5.74) is 7.62. The van der Waals surface area contributed by atoms with E-state index in [4.69, 9.17) is 48.3 Å². The summed E-state index contributed by atoms with van der Waals surface area (Å²) >= 11 is 0. The third kappa shape index (κ3) is 32.1. The molecule has 15 nitrogen and oxygen atoms in total. The third-order valence-corrected chi connectivity index (χ3v) is 26.2. The van der Waals surface area contributed by atoms with Gasteiger partial charge in [0.15, 0.2) is 11.5 Å². The van der Waals surface area contributed by atoms with E-state index in [9.17, 15) is 24.9 Å². The molecule has 6 saturated carbocycles. The van der Waals surface area contributed by atoms with Crippen molar-refractivity contribution in [1.29, 1.82) is 0 Å². The van der Waals surface area contributed by atoms with Crippen molar-refractivity contribution in [2.75, 3.05) is 26.9 Å². The minimum Gasteiger partial charge on any atom is -0.465 e. The molecule has 0 amide bonds. The molecular weight excluding hydrogens is 1500 g/mol. The van der Waals surface area contributed by atoms with Crippen LogP contribution in [0.5, 0.6) is 5.75 Å². The summed E-state index contributed by atoms with van der Waals surface area (Å²) in [5, 5.41) is 21.3. The molecule has 5 unspecified atom stereocenters. The second kappa shape index (κ2) is 54.2. The fourth-order valence-corrected chi connectivity index (χ4v) is 19.0. The molecule has 5 aromatic carbocycles. The normalized spacial score (nSPS) is 23.3. The van der Waals surface area contributed by atoms with Gasteiger partial charge in [0.25, 0.3) is 0 Å². The maximum Gasteiger partial charge on any atom is 0.330 e. The highest BCUT2D eigenvalue weighted by molar-refractivity contribution is 5.88. The Labute approximate surface area is 718 Å². The number of benzene rings is 5. The SMILES string of the molecule is C=CC(=O)CCCCCOC1CCC(C(OO)c2ccc(C(OO)C3(C#Cc4ccc(C#Cc5ccc(C#Cc6ccc(C#CC7CC(C8CCC(CCCCC)CC8)CCC7OOCc7ccc(OOC)cc7)cc6)cc5)cc4)CCC(C4CCC(CCCCC)CC4)CC3)cc2)CC1.C=CC(=O)OCCCCOC(=O)C1CCCCC1.C=O. The van der Waals surface area contributed by atoms with Crippen LogP contribution in [-0.4, -0.2) is 74.2 Å². The van der Waals surface area contributed by atoms with Crippen LogP contribution in [0, 0.1) is 106 Å². The number of carbonyl (C=O) groups excluding carboxylic acids is 4. The van der Waals surface area contributed by atoms with Crippen LogP contribution in [0.1, 0.15) is 320 Å². The van der Waals surface area contributed by atoms with Gasteiger partial charge in [0.1, 0.15) is 31.7 Å². The van der Waals surface area contributed by atoms with Crippen molar-refractivity contribution in [3.05, 3.63) is 197 Å². The maximum absolute atomic E-state index is 11.7. The van der Waals surface area contributed by atoms with Crippen LogP contribution < -0.4 is 4.89 Å². The zero-order chi connectivity index (χ0) is 84.8. The van der Waals surface area contributed by atoms with Crippen LogP contribution >= 0.6 is 0 Å². The molecule has 0 radical (unpaired) electrons. The van der Waals surface area contributed by atoms with Crippen molar-refractivity contribution in [2.45, 2.75) is 289 Å². The Balaban J connectivity index is 0.000000721. The largest absolute Gasteiger partial charge is 0.465 e. The number of allylic oxidation sites excluding steroid dienone is 1. The van der Waals surface area contributed by atoms with Gasteiger partial charge in [-0.1, -0.05) is 214 Å². The Morgan fingerprint density at radius 3 is 1.53 bits per heavy atom. The summed E-state index contributed by atoms with van der Waals surface area (Å²) in [4.78, 5) is 74.8. The Morgan fingerprint density at radius 1 is 0.500 bits per heavy atom. The Hall–Kier alpha value is -8.42.